The van der Waals surface area contributed by atoms with Crippen molar-refractivity contribution in [1.29, 1.82) is 0 Å². The lowest BCUT2D eigenvalue weighted by Crippen LogP contribution is -2.22. The standard InChI is InChI=1S/C14H21NOS/c1-3-9-15-12-7-5-10-17-14-11(12)6-4-8-13(14)16-2/h4,6,8,12,15H,3,5,7,9-10H2,1-2H3. The molecule has 0 amide bonds. The predicted molar refractivity (Wildman–Crippen MR) is 74.0 cm³/mol. The van der Waals surface area contributed by atoms with Crippen molar-refractivity contribution in [3.8, 4) is 5.75 Å². The number of nitrogens with one attached hydrogen (secondary N) is 1. The van der Waals surface area contributed by atoms with Crippen molar-refractivity contribution in [2.45, 2.75) is 37.1 Å². The summed E-state index contributed by atoms with van der Waals surface area (Å²) in [5, 5.41) is 3.65. The highest BCUT2D eigenvalue weighted by molar-refractivity contribution is 7.99. The van der Waals surface area contributed by atoms with Gasteiger partial charge in [-0.05, 0) is 43.2 Å². The summed E-state index contributed by atoms with van der Waals surface area (Å²) in [6.45, 7) is 3.30. The normalized spacial score (nSPS) is 19.5. The quantitative estimate of drug-likeness (QED) is 0.883. The first kappa shape index (κ1) is 12.8. The molecule has 0 saturated heterocycles. The van der Waals surface area contributed by atoms with Gasteiger partial charge in [-0.25, -0.2) is 0 Å². The average Bonchev–Trinajstić information content (AvgIpc) is 2.58. The molecule has 94 valence electrons. The number of methoxy groups -OCH3 is 1. The first-order valence-electron chi connectivity index (χ1n) is 6.40. The van der Waals surface area contributed by atoms with E-state index >= 15 is 0 Å². The Morgan fingerprint density at radius 1 is 1.47 bits per heavy atom. The summed E-state index contributed by atoms with van der Waals surface area (Å²) < 4.78 is 5.47. The van der Waals surface area contributed by atoms with Gasteiger partial charge in [-0.15, -0.1) is 11.8 Å². The third-order valence-corrected chi connectivity index (χ3v) is 4.35. The number of rotatable bonds is 4. The van der Waals surface area contributed by atoms with E-state index in [0.717, 1.165) is 12.3 Å². The Labute approximate surface area is 108 Å². The van der Waals surface area contributed by atoms with Gasteiger partial charge in [0.1, 0.15) is 5.75 Å². The minimum atomic E-state index is 0.495. The van der Waals surface area contributed by atoms with Crippen LogP contribution >= 0.6 is 11.8 Å². The van der Waals surface area contributed by atoms with E-state index in [9.17, 15) is 0 Å². The lowest BCUT2D eigenvalue weighted by Gasteiger charge is -2.19. The molecule has 1 aliphatic rings. The maximum Gasteiger partial charge on any atom is 0.132 e. The molecule has 1 unspecified atom stereocenters. The molecule has 1 N–H and O–H groups in total. The summed E-state index contributed by atoms with van der Waals surface area (Å²) in [5.74, 6) is 2.22. The SMILES string of the molecule is CCCNC1CCCSc2c(OC)cccc21. The number of thioether (sulfide) groups is 1. The molecule has 0 radical (unpaired) electrons. The first-order chi connectivity index (χ1) is 8.36. The van der Waals surface area contributed by atoms with Crippen molar-refractivity contribution in [3.05, 3.63) is 23.8 Å². The second-order valence-electron chi connectivity index (χ2n) is 4.38. The second kappa shape index (κ2) is 6.31. The van der Waals surface area contributed by atoms with Gasteiger partial charge in [0, 0.05) is 6.04 Å². The van der Waals surface area contributed by atoms with Gasteiger partial charge in [0.05, 0.1) is 12.0 Å². The lowest BCUT2D eigenvalue weighted by molar-refractivity contribution is 0.400. The van der Waals surface area contributed by atoms with Crippen molar-refractivity contribution < 1.29 is 4.74 Å². The Balaban J connectivity index is 2.28. The molecular formula is C14H21NOS. The summed E-state index contributed by atoms with van der Waals surface area (Å²) in [7, 11) is 1.76. The largest absolute Gasteiger partial charge is 0.496 e. The maximum atomic E-state index is 5.47. The average molecular weight is 251 g/mol. The van der Waals surface area contributed by atoms with E-state index in [4.69, 9.17) is 4.74 Å². The molecule has 2 rings (SSSR count). The van der Waals surface area contributed by atoms with E-state index in [2.05, 4.69) is 30.4 Å². The number of hydrogen-bond acceptors (Lipinski definition) is 3. The van der Waals surface area contributed by atoms with Crippen LogP contribution in [0.5, 0.6) is 5.75 Å². The van der Waals surface area contributed by atoms with Crippen LogP contribution in [0.3, 0.4) is 0 Å². The minimum Gasteiger partial charge on any atom is -0.496 e. The lowest BCUT2D eigenvalue weighted by atomic mass is 10.0. The predicted octanol–water partition coefficient (Wildman–Crippen LogP) is 3.62. The van der Waals surface area contributed by atoms with Crippen molar-refractivity contribution in [3.63, 3.8) is 0 Å². The Bertz CT molecular complexity index is 367. The van der Waals surface area contributed by atoms with Crippen LogP contribution < -0.4 is 10.1 Å². The van der Waals surface area contributed by atoms with Gasteiger partial charge >= 0.3 is 0 Å². The van der Waals surface area contributed by atoms with Crippen LogP contribution in [0.25, 0.3) is 0 Å². The topological polar surface area (TPSA) is 21.3 Å². The molecule has 1 aromatic rings. The number of hydrogen-bond donors (Lipinski definition) is 1. The molecule has 0 fully saturated rings. The Kier molecular flexibility index (Phi) is 4.75. The van der Waals surface area contributed by atoms with Crippen LogP contribution in [-0.2, 0) is 0 Å². The van der Waals surface area contributed by atoms with Crippen LogP contribution in [0.1, 0.15) is 37.8 Å². The van der Waals surface area contributed by atoms with Gasteiger partial charge in [-0.2, -0.15) is 0 Å². The van der Waals surface area contributed by atoms with Gasteiger partial charge in [-0.3, -0.25) is 0 Å². The van der Waals surface area contributed by atoms with E-state index in [-0.39, 0.29) is 0 Å². The number of benzene rings is 1. The van der Waals surface area contributed by atoms with Gasteiger partial charge < -0.3 is 10.1 Å². The molecule has 0 bridgehead atoms. The maximum absolute atomic E-state index is 5.47. The highest BCUT2D eigenvalue weighted by Crippen LogP contribution is 2.40. The Hall–Kier alpha value is -0.670. The van der Waals surface area contributed by atoms with Crippen molar-refractivity contribution >= 4 is 11.8 Å². The van der Waals surface area contributed by atoms with E-state index in [1.165, 1.54) is 35.5 Å². The zero-order chi connectivity index (χ0) is 12.1. The molecule has 2 nitrogen and oxygen atoms in total. The zero-order valence-corrected chi connectivity index (χ0v) is 11.5. The summed E-state index contributed by atoms with van der Waals surface area (Å²) in [5.41, 5.74) is 1.42. The second-order valence-corrected chi connectivity index (χ2v) is 5.48. The Morgan fingerprint density at radius 2 is 2.35 bits per heavy atom. The molecular weight excluding hydrogens is 230 g/mol. The zero-order valence-electron chi connectivity index (χ0n) is 10.7. The van der Waals surface area contributed by atoms with Gasteiger partial charge in [-0.1, -0.05) is 19.1 Å². The Morgan fingerprint density at radius 3 is 3.12 bits per heavy atom. The number of ether oxygens (including phenoxy) is 1. The molecule has 0 aliphatic carbocycles. The van der Waals surface area contributed by atoms with Crippen molar-refractivity contribution in [2.24, 2.45) is 0 Å². The van der Waals surface area contributed by atoms with E-state index in [0.29, 0.717) is 6.04 Å². The van der Waals surface area contributed by atoms with Gasteiger partial charge in [0.2, 0.25) is 0 Å². The monoisotopic (exact) mass is 251 g/mol. The van der Waals surface area contributed by atoms with Crippen LogP contribution in [0.2, 0.25) is 0 Å². The van der Waals surface area contributed by atoms with E-state index in [1.807, 2.05) is 11.8 Å². The first-order valence-corrected chi connectivity index (χ1v) is 7.38. The van der Waals surface area contributed by atoms with E-state index in [1.54, 1.807) is 7.11 Å². The summed E-state index contributed by atoms with van der Waals surface area (Å²) in [4.78, 5) is 1.33. The third-order valence-electron chi connectivity index (χ3n) is 3.13. The molecule has 1 aliphatic heterocycles. The molecule has 1 heterocycles. The smallest absolute Gasteiger partial charge is 0.132 e. The van der Waals surface area contributed by atoms with Crippen LogP contribution in [-0.4, -0.2) is 19.4 Å². The minimum absolute atomic E-state index is 0.495. The molecule has 0 saturated carbocycles. The molecule has 3 heteroatoms. The van der Waals surface area contributed by atoms with Crippen molar-refractivity contribution in [1.82, 2.24) is 5.32 Å². The fourth-order valence-electron chi connectivity index (χ4n) is 2.27. The molecule has 1 atom stereocenters. The van der Waals surface area contributed by atoms with Crippen LogP contribution in [0.15, 0.2) is 23.1 Å². The van der Waals surface area contributed by atoms with Gasteiger partial charge in [0.15, 0.2) is 0 Å². The van der Waals surface area contributed by atoms with Crippen molar-refractivity contribution in [2.75, 3.05) is 19.4 Å². The summed E-state index contributed by atoms with van der Waals surface area (Å²) >= 11 is 1.93. The molecule has 0 spiro atoms. The van der Waals surface area contributed by atoms with Gasteiger partial charge in [0.25, 0.3) is 0 Å². The van der Waals surface area contributed by atoms with Crippen LogP contribution in [0.4, 0.5) is 0 Å². The fraction of sp³-hybridized carbons (Fsp3) is 0.571. The molecule has 1 aromatic carbocycles. The third kappa shape index (κ3) is 2.96. The highest BCUT2D eigenvalue weighted by atomic mass is 32.2. The molecule has 17 heavy (non-hydrogen) atoms. The fourth-order valence-corrected chi connectivity index (χ4v) is 3.46. The van der Waals surface area contributed by atoms with Crippen LogP contribution in [0, 0.1) is 0 Å². The summed E-state index contributed by atoms with van der Waals surface area (Å²) in [6.07, 6.45) is 3.68. The number of fused-ring (bicyclic) bond motifs is 1. The molecule has 0 aromatic heterocycles. The highest BCUT2D eigenvalue weighted by Gasteiger charge is 2.20. The summed E-state index contributed by atoms with van der Waals surface area (Å²) in [6, 6.07) is 6.90. The van der Waals surface area contributed by atoms with E-state index < -0.39 is 0 Å².